The lowest BCUT2D eigenvalue weighted by atomic mass is 9.72. The SMILES string of the molecule is CCCCOC1CCOC(=O)C12CN(C(=O)OC(C)(C)C)C2. The second kappa shape index (κ2) is 6.44. The van der Waals surface area contributed by atoms with Gasteiger partial charge in [0.2, 0.25) is 0 Å². The number of hydrogen-bond acceptors (Lipinski definition) is 5. The zero-order chi connectivity index (χ0) is 16.4. The standard InChI is InChI=1S/C16H27NO5/c1-5-6-8-20-12-7-9-21-13(18)16(12)10-17(11-16)14(19)22-15(2,3)4/h12H,5-11H2,1-4H3. The van der Waals surface area contributed by atoms with E-state index in [0.717, 1.165) is 12.8 Å². The summed E-state index contributed by atoms with van der Waals surface area (Å²) in [6.45, 7) is 9.24. The number of carbonyl (C=O) groups excluding carboxylic acids is 2. The van der Waals surface area contributed by atoms with Crippen LogP contribution in [-0.4, -0.2) is 55.0 Å². The first-order chi connectivity index (χ1) is 10.3. The van der Waals surface area contributed by atoms with Crippen molar-refractivity contribution in [3.8, 4) is 0 Å². The highest BCUT2D eigenvalue weighted by Gasteiger charge is 2.60. The van der Waals surface area contributed by atoms with Gasteiger partial charge in [0.25, 0.3) is 0 Å². The average Bonchev–Trinajstić information content (AvgIpc) is 2.34. The molecule has 0 saturated carbocycles. The lowest BCUT2D eigenvalue weighted by Crippen LogP contribution is -2.69. The molecule has 2 heterocycles. The van der Waals surface area contributed by atoms with E-state index in [1.807, 2.05) is 20.8 Å². The minimum atomic E-state index is -0.705. The van der Waals surface area contributed by atoms with Crippen LogP contribution in [0, 0.1) is 5.41 Å². The second-order valence-corrected chi connectivity index (χ2v) is 7.13. The summed E-state index contributed by atoms with van der Waals surface area (Å²) in [7, 11) is 0. The van der Waals surface area contributed by atoms with E-state index in [1.54, 1.807) is 4.90 Å². The molecule has 0 radical (unpaired) electrons. The maximum absolute atomic E-state index is 12.2. The molecule has 2 rings (SSSR count). The highest BCUT2D eigenvalue weighted by Crippen LogP contribution is 2.41. The predicted octanol–water partition coefficient (Wildman–Crippen LogP) is 2.36. The molecular formula is C16H27NO5. The quantitative estimate of drug-likeness (QED) is 0.589. The first-order valence-electron chi connectivity index (χ1n) is 8.05. The van der Waals surface area contributed by atoms with Gasteiger partial charge in [0, 0.05) is 26.1 Å². The fourth-order valence-electron chi connectivity index (χ4n) is 2.85. The highest BCUT2D eigenvalue weighted by atomic mass is 16.6. The van der Waals surface area contributed by atoms with Crippen molar-refractivity contribution in [1.29, 1.82) is 0 Å². The first kappa shape index (κ1) is 17.1. The third kappa shape index (κ3) is 3.54. The summed E-state index contributed by atoms with van der Waals surface area (Å²) in [6.07, 6.45) is 2.16. The maximum Gasteiger partial charge on any atom is 0.410 e. The molecule has 2 saturated heterocycles. The summed E-state index contributed by atoms with van der Waals surface area (Å²) < 4.78 is 16.4. The molecular weight excluding hydrogens is 286 g/mol. The highest BCUT2D eigenvalue weighted by molar-refractivity contribution is 5.83. The minimum absolute atomic E-state index is 0.168. The van der Waals surface area contributed by atoms with Gasteiger partial charge < -0.3 is 19.1 Å². The van der Waals surface area contributed by atoms with Crippen molar-refractivity contribution in [2.24, 2.45) is 5.41 Å². The Kier molecular flexibility index (Phi) is 5.00. The Morgan fingerprint density at radius 3 is 2.68 bits per heavy atom. The van der Waals surface area contributed by atoms with Crippen LogP contribution in [0.15, 0.2) is 0 Å². The van der Waals surface area contributed by atoms with Gasteiger partial charge in [-0.15, -0.1) is 0 Å². The van der Waals surface area contributed by atoms with Crippen LogP contribution in [-0.2, 0) is 19.0 Å². The number of hydrogen-bond donors (Lipinski definition) is 0. The average molecular weight is 313 g/mol. The molecule has 0 N–H and O–H groups in total. The number of ether oxygens (including phenoxy) is 3. The number of carbonyl (C=O) groups is 2. The van der Waals surface area contributed by atoms with Crippen molar-refractivity contribution >= 4 is 12.1 Å². The Morgan fingerprint density at radius 2 is 2.09 bits per heavy atom. The molecule has 0 bridgehead atoms. The Balaban J connectivity index is 1.96. The van der Waals surface area contributed by atoms with Gasteiger partial charge in [-0.3, -0.25) is 4.79 Å². The van der Waals surface area contributed by atoms with E-state index in [-0.39, 0.29) is 18.2 Å². The normalized spacial score (nSPS) is 23.9. The van der Waals surface area contributed by atoms with Crippen molar-refractivity contribution < 1.29 is 23.8 Å². The summed E-state index contributed by atoms with van der Waals surface area (Å²) in [6, 6.07) is 0. The summed E-state index contributed by atoms with van der Waals surface area (Å²) in [5.74, 6) is -0.250. The minimum Gasteiger partial charge on any atom is -0.465 e. The first-order valence-corrected chi connectivity index (χ1v) is 8.05. The summed E-state index contributed by atoms with van der Waals surface area (Å²) in [5.41, 5.74) is -1.24. The van der Waals surface area contributed by atoms with E-state index in [9.17, 15) is 9.59 Å². The third-order valence-corrected chi connectivity index (χ3v) is 4.05. The van der Waals surface area contributed by atoms with Gasteiger partial charge in [-0.25, -0.2) is 4.79 Å². The van der Waals surface area contributed by atoms with Gasteiger partial charge in [0.05, 0.1) is 12.7 Å². The van der Waals surface area contributed by atoms with Crippen molar-refractivity contribution in [3.05, 3.63) is 0 Å². The number of nitrogens with zero attached hydrogens (tertiary/aromatic N) is 1. The molecule has 2 aliphatic rings. The molecule has 0 aromatic carbocycles. The van der Waals surface area contributed by atoms with Crippen LogP contribution in [0.2, 0.25) is 0 Å². The number of likely N-dealkylation sites (tertiary alicyclic amines) is 1. The number of cyclic esters (lactones) is 1. The molecule has 2 aliphatic heterocycles. The van der Waals surface area contributed by atoms with E-state index < -0.39 is 11.0 Å². The predicted molar refractivity (Wildman–Crippen MR) is 80.5 cm³/mol. The number of unbranched alkanes of at least 4 members (excludes halogenated alkanes) is 1. The smallest absolute Gasteiger partial charge is 0.410 e. The molecule has 6 nitrogen and oxygen atoms in total. The van der Waals surface area contributed by atoms with Crippen LogP contribution >= 0.6 is 0 Å². The van der Waals surface area contributed by atoms with E-state index in [1.165, 1.54) is 0 Å². The van der Waals surface area contributed by atoms with Crippen LogP contribution in [0.1, 0.15) is 47.0 Å². The monoisotopic (exact) mass is 313 g/mol. The van der Waals surface area contributed by atoms with Crippen molar-refractivity contribution in [3.63, 3.8) is 0 Å². The van der Waals surface area contributed by atoms with Crippen LogP contribution in [0.4, 0.5) is 4.79 Å². The number of amides is 1. The van der Waals surface area contributed by atoms with Gasteiger partial charge >= 0.3 is 12.1 Å². The van der Waals surface area contributed by atoms with Crippen molar-refractivity contribution in [2.75, 3.05) is 26.3 Å². The van der Waals surface area contributed by atoms with Gasteiger partial charge in [-0.2, -0.15) is 0 Å². The zero-order valence-electron chi connectivity index (χ0n) is 14.0. The molecule has 22 heavy (non-hydrogen) atoms. The van der Waals surface area contributed by atoms with E-state index in [0.29, 0.717) is 32.7 Å². The molecule has 1 unspecified atom stereocenters. The largest absolute Gasteiger partial charge is 0.465 e. The number of esters is 1. The lowest BCUT2D eigenvalue weighted by Gasteiger charge is -2.52. The van der Waals surface area contributed by atoms with E-state index in [4.69, 9.17) is 14.2 Å². The molecule has 1 spiro atoms. The summed E-state index contributed by atoms with van der Waals surface area (Å²) >= 11 is 0. The van der Waals surface area contributed by atoms with Gasteiger partial charge in [-0.1, -0.05) is 13.3 Å². The van der Waals surface area contributed by atoms with Gasteiger partial charge in [-0.05, 0) is 27.2 Å². The molecule has 0 aliphatic carbocycles. The molecule has 1 atom stereocenters. The number of rotatable bonds is 4. The van der Waals surface area contributed by atoms with E-state index in [2.05, 4.69) is 6.92 Å². The molecule has 2 fully saturated rings. The maximum atomic E-state index is 12.2. The second-order valence-electron chi connectivity index (χ2n) is 7.13. The summed E-state index contributed by atoms with van der Waals surface area (Å²) in [4.78, 5) is 25.8. The van der Waals surface area contributed by atoms with E-state index >= 15 is 0 Å². The zero-order valence-corrected chi connectivity index (χ0v) is 14.0. The molecule has 6 heteroatoms. The Morgan fingerprint density at radius 1 is 1.41 bits per heavy atom. The van der Waals surface area contributed by atoms with Gasteiger partial charge in [0.15, 0.2) is 0 Å². The Hall–Kier alpha value is -1.30. The Labute approximate surface area is 132 Å². The molecule has 0 aromatic rings. The fourth-order valence-corrected chi connectivity index (χ4v) is 2.85. The van der Waals surface area contributed by atoms with Crippen LogP contribution in [0.5, 0.6) is 0 Å². The fraction of sp³-hybridized carbons (Fsp3) is 0.875. The molecule has 126 valence electrons. The Bertz CT molecular complexity index is 423. The molecule has 0 aromatic heterocycles. The molecule has 1 amide bonds. The third-order valence-electron chi connectivity index (χ3n) is 4.05. The van der Waals surface area contributed by atoms with Crippen molar-refractivity contribution in [2.45, 2.75) is 58.7 Å². The van der Waals surface area contributed by atoms with Crippen molar-refractivity contribution in [1.82, 2.24) is 4.90 Å². The summed E-state index contributed by atoms with van der Waals surface area (Å²) in [5, 5.41) is 0. The van der Waals surface area contributed by atoms with Crippen LogP contribution < -0.4 is 0 Å². The van der Waals surface area contributed by atoms with Crippen LogP contribution in [0.3, 0.4) is 0 Å². The topological polar surface area (TPSA) is 65.1 Å². The van der Waals surface area contributed by atoms with Gasteiger partial charge in [0.1, 0.15) is 11.0 Å². The lowest BCUT2D eigenvalue weighted by molar-refractivity contribution is -0.200. The van der Waals surface area contributed by atoms with Crippen LogP contribution in [0.25, 0.3) is 0 Å².